The van der Waals surface area contributed by atoms with Crippen LogP contribution >= 0.6 is 0 Å². The molecule has 0 spiro atoms. The van der Waals surface area contributed by atoms with Gasteiger partial charge in [-0.05, 0) is 18.9 Å². The lowest BCUT2D eigenvalue weighted by Crippen LogP contribution is -2.27. The molecule has 56 valence electrons. The molecule has 1 rings (SSSR count). The molecule has 10 heavy (non-hydrogen) atoms. The Balaban J connectivity index is 2.54. The fraction of sp³-hybridized carbons (Fsp3) is 0.429. The smallest absolute Gasteiger partial charge is 0.0361 e. The van der Waals surface area contributed by atoms with Gasteiger partial charge in [0.05, 0.1) is 0 Å². The Morgan fingerprint density at radius 2 is 2.40 bits per heavy atom. The number of hydrogen-bond donors (Lipinski definition) is 1. The highest BCUT2D eigenvalue weighted by molar-refractivity contribution is 5.20. The van der Waals surface area contributed by atoms with Gasteiger partial charge in [-0.25, -0.2) is 5.43 Å². The number of nitrogens with one attached hydrogen (secondary N) is 1. The van der Waals surface area contributed by atoms with Crippen LogP contribution in [0.3, 0.4) is 0 Å². The zero-order chi connectivity index (χ0) is 7.40. The zero-order valence-electron chi connectivity index (χ0n) is 6.00. The van der Waals surface area contributed by atoms with E-state index in [1.54, 1.807) is 7.05 Å². The molecule has 0 aromatic heterocycles. The van der Waals surface area contributed by atoms with Crippen LogP contribution in [0.25, 0.3) is 0 Å². The molecule has 0 bridgehead atoms. The molecule has 0 heterocycles. The van der Waals surface area contributed by atoms with Gasteiger partial charge in [0.2, 0.25) is 0 Å². The summed E-state index contributed by atoms with van der Waals surface area (Å²) in [6.45, 7) is 0. The quantitative estimate of drug-likeness (QED) is 0.583. The molecule has 3 heteroatoms. The van der Waals surface area contributed by atoms with Crippen LogP contribution in [0.2, 0.25) is 0 Å². The first kappa shape index (κ1) is 7.31. The number of hydrogen-bond acceptors (Lipinski definition) is 3. The second kappa shape index (κ2) is 3.39. The van der Waals surface area contributed by atoms with E-state index in [4.69, 9.17) is 0 Å². The van der Waals surface area contributed by atoms with E-state index in [0.29, 0.717) is 5.70 Å². The Hall–Kier alpha value is -0.800. The monoisotopic (exact) mass is 139 g/mol. The Bertz CT molecular complexity index is 163. The van der Waals surface area contributed by atoms with Gasteiger partial charge in [0.25, 0.3) is 0 Å². The van der Waals surface area contributed by atoms with E-state index < -0.39 is 0 Å². The topological polar surface area (TPSA) is 38.3 Å². The molecular formula is C7H11N2O-. The Kier molecular flexibility index (Phi) is 2.48. The van der Waals surface area contributed by atoms with Crippen LogP contribution in [0.1, 0.15) is 12.8 Å². The summed E-state index contributed by atoms with van der Waals surface area (Å²) in [6, 6.07) is 0. The summed E-state index contributed by atoms with van der Waals surface area (Å²) in [4.78, 5) is 0. The third kappa shape index (κ3) is 1.59. The van der Waals surface area contributed by atoms with Crippen molar-refractivity contribution >= 4 is 0 Å². The summed E-state index contributed by atoms with van der Waals surface area (Å²) in [5.74, 6) is 0. The lowest BCUT2D eigenvalue weighted by Gasteiger charge is -2.31. The van der Waals surface area contributed by atoms with E-state index in [1.165, 1.54) is 0 Å². The first-order chi connectivity index (χ1) is 4.84. The van der Waals surface area contributed by atoms with Gasteiger partial charge in [0.15, 0.2) is 0 Å². The van der Waals surface area contributed by atoms with Gasteiger partial charge in [-0.15, -0.1) is 0 Å². The molecule has 0 fully saturated rings. The highest BCUT2D eigenvalue weighted by Crippen LogP contribution is 2.10. The van der Waals surface area contributed by atoms with Gasteiger partial charge >= 0.3 is 0 Å². The molecule has 0 aromatic rings. The number of hydrazine groups is 1. The third-order valence-corrected chi connectivity index (χ3v) is 1.41. The number of allylic oxidation sites excluding steroid dienone is 3. The summed E-state index contributed by atoms with van der Waals surface area (Å²) in [5, 5.41) is 11.6. The van der Waals surface area contributed by atoms with Crippen molar-refractivity contribution in [2.75, 3.05) is 7.05 Å². The van der Waals surface area contributed by atoms with E-state index in [-0.39, 0.29) is 0 Å². The van der Waals surface area contributed by atoms with Crippen molar-refractivity contribution in [3.8, 4) is 0 Å². The lowest BCUT2D eigenvalue weighted by atomic mass is 10.1. The van der Waals surface area contributed by atoms with Crippen LogP contribution < -0.4 is 5.43 Å². The van der Waals surface area contributed by atoms with E-state index in [2.05, 4.69) is 5.43 Å². The molecule has 1 aliphatic carbocycles. The first-order valence-electron chi connectivity index (χ1n) is 3.36. The van der Waals surface area contributed by atoms with E-state index in [9.17, 15) is 5.21 Å². The average Bonchev–Trinajstić information content (AvgIpc) is 2.05. The summed E-state index contributed by atoms with van der Waals surface area (Å²) in [7, 11) is 1.61. The SMILES string of the molecule is CNN([O-])C1=CCCC=C1. The van der Waals surface area contributed by atoms with E-state index in [1.807, 2.05) is 18.2 Å². The molecule has 0 aromatic carbocycles. The van der Waals surface area contributed by atoms with Crippen molar-refractivity contribution in [2.24, 2.45) is 0 Å². The molecule has 1 N–H and O–H groups in total. The van der Waals surface area contributed by atoms with Crippen LogP contribution in [0.4, 0.5) is 0 Å². The molecule has 0 aliphatic heterocycles. The molecule has 3 nitrogen and oxygen atoms in total. The fourth-order valence-corrected chi connectivity index (χ4v) is 0.879. The Labute approximate surface area is 60.6 Å². The van der Waals surface area contributed by atoms with Gasteiger partial charge in [-0.2, -0.15) is 0 Å². The standard InChI is InChI=1S/C7H11N2O/c1-8-9(10)7-5-3-2-4-6-7/h3,5-6,8H,2,4H2,1H3/q-1. The first-order valence-corrected chi connectivity index (χ1v) is 3.36. The van der Waals surface area contributed by atoms with Crippen molar-refractivity contribution < 1.29 is 0 Å². The minimum absolute atomic E-state index is 0.703. The van der Waals surface area contributed by atoms with Crippen LogP contribution in [-0.2, 0) is 0 Å². The van der Waals surface area contributed by atoms with Crippen molar-refractivity contribution in [1.82, 2.24) is 10.6 Å². The third-order valence-electron chi connectivity index (χ3n) is 1.41. The molecule has 0 radical (unpaired) electrons. The highest BCUT2D eigenvalue weighted by Gasteiger charge is 1.95. The Morgan fingerprint density at radius 1 is 1.60 bits per heavy atom. The van der Waals surface area contributed by atoms with E-state index in [0.717, 1.165) is 18.0 Å². The maximum absolute atomic E-state index is 10.9. The second-order valence-electron chi connectivity index (χ2n) is 2.13. The molecular weight excluding hydrogens is 128 g/mol. The van der Waals surface area contributed by atoms with Crippen molar-refractivity contribution in [3.05, 3.63) is 29.1 Å². The van der Waals surface area contributed by atoms with Crippen molar-refractivity contribution in [1.29, 1.82) is 0 Å². The summed E-state index contributed by atoms with van der Waals surface area (Å²) >= 11 is 0. The maximum atomic E-state index is 10.9. The molecule has 0 atom stereocenters. The number of rotatable bonds is 2. The normalized spacial score (nSPS) is 16.8. The molecule has 0 unspecified atom stereocenters. The highest BCUT2D eigenvalue weighted by atomic mass is 16.5. The predicted molar refractivity (Wildman–Crippen MR) is 40.7 cm³/mol. The summed E-state index contributed by atoms with van der Waals surface area (Å²) < 4.78 is 0. The molecule has 0 saturated carbocycles. The van der Waals surface area contributed by atoms with Gasteiger partial charge in [0, 0.05) is 12.7 Å². The van der Waals surface area contributed by atoms with Crippen LogP contribution in [-0.4, -0.2) is 12.2 Å². The predicted octanol–water partition coefficient (Wildman–Crippen LogP) is 1.15. The molecule has 1 aliphatic rings. The molecule has 0 saturated heterocycles. The average molecular weight is 139 g/mol. The second-order valence-corrected chi connectivity index (χ2v) is 2.13. The minimum Gasteiger partial charge on any atom is -0.743 e. The van der Waals surface area contributed by atoms with Crippen LogP contribution in [0.15, 0.2) is 23.9 Å². The largest absolute Gasteiger partial charge is 0.743 e. The Morgan fingerprint density at radius 3 is 2.90 bits per heavy atom. The fourth-order valence-electron chi connectivity index (χ4n) is 0.879. The van der Waals surface area contributed by atoms with Crippen LogP contribution in [0, 0.1) is 5.21 Å². The zero-order valence-corrected chi connectivity index (χ0v) is 6.00. The number of hydroxylamine groups is 1. The van der Waals surface area contributed by atoms with Gasteiger partial charge < -0.3 is 10.4 Å². The number of nitrogens with zero attached hydrogens (tertiary/aromatic N) is 1. The summed E-state index contributed by atoms with van der Waals surface area (Å²) in [6.07, 6.45) is 7.75. The summed E-state index contributed by atoms with van der Waals surface area (Å²) in [5.41, 5.74) is 3.20. The van der Waals surface area contributed by atoms with Gasteiger partial charge in [0.1, 0.15) is 0 Å². The molecule has 0 amide bonds. The maximum Gasteiger partial charge on any atom is 0.0361 e. The minimum atomic E-state index is 0.703. The van der Waals surface area contributed by atoms with Crippen LogP contribution in [0.5, 0.6) is 0 Å². The van der Waals surface area contributed by atoms with Crippen molar-refractivity contribution in [2.45, 2.75) is 12.8 Å². The van der Waals surface area contributed by atoms with Gasteiger partial charge in [-0.3, -0.25) is 0 Å². The van der Waals surface area contributed by atoms with Crippen molar-refractivity contribution in [3.63, 3.8) is 0 Å². The van der Waals surface area contributed by atoms with Gasteiger partial charge in [-0.1, -0.05) is 12.2 Å². The lowest BCUT2D eigenvalue weighted by molar-refractivity contribution is 0.384. The van der Waals surface area contributed by atoms with E-state index >= 15 is 0 Å².